The standard InChI is InChI=1S/C24H26N6O3/c1-15-8-17(5-7-20(15)33-14-24(3)9-22(31)27-13-24)19-11-25-12-21(29-19)30-23(32)28-18-6-4-16(2)26-10-18/h4-8,10-12H,9,13-14H2,1-3H3,(H,27,31)(H2,28,29,30,32). The van der Waals surface area contributed by atoms with Gasteiger partial charge >= 0.3 is 6.03 Å². The summed E-state index contributed by atoms with van der Waals surface area (Å²) >= 11 is 0. The van der Waals surface area contributed by atoms with Crippen LogP contribution >= 0.6 is 0 Å². The Hall–Kier alpha value is -4.01. The molecule has 0 aliphatic carbocycles. The monoisotopic (exact) mass is 446 g/mol. The predicted molar refractivity (Wildman–Crippen MR) is 125 cm³/mol. The van der Waals surface area contributed by atoms with Crippen LogP contribution in [0.4, 0.5) is 16.3 Å². The molecule has 1 aliphatic heterocycles. The van der Waals surface area contributed by atoms with E-state index in [0.717, 1.165) is 22.6 Å². The number of carbonyl (C=O) groups excluding carboxylic acids is 2. The molecule has 1 fully saturated rings. The first kappa shape index (κ1) is 22.2. The topological polar surface area (TPSA) is 118 Å². The lowest BCUT2D eigenvalue weighted by Crippen LogP contribution is -2.27. The minimum atomic E-state index is -0.430. The fraction of sp³-hybridized carbons (Fsp3) is 0.292. The fourth-order valence-electron chi connectivity index (χ4n) is 3.54. The summed E-state index contributed by atoms with van der Waals surface area (Å²) in [7, 11) is 0. The SMILES string of the molecule is Cc1ccc(NC(=O)Nc2cncc(-c3ccc(OCC4(C)CNC(=O)C4)c(C)c3)n2)cn1. The van der Waals surface area contributed by atoms with Crippen LogP contribution < -0.4 is 20.7 Å². The molecule has 1 aliphatic rings. The molecule has 0 bridgehead atoms. The summed E-state index contributed by atoms with van der Waals surface area (Å²) in [5, 5.41) is 8.26. The van der Waals surface area contributed by atoms with Gasteiger partial charge in [0.2, 0.25) is 5.91 Å². The number of carbonyl (C=O) groups is 2. The lowest BCUT2D eigenvalue weighted by atomic mass is 9.91. The zero-order valence-corrected chi connectivity index (χ0v) is 18.8. The summed E-state index contributed by atoms with van der Waals surface area (Å²) < 4.78 is 6.00. The normalized spacial score (nSPS) is 17.4. The van der Waals surface area contributed by atoms with Crippen LogP contribution in [0.15, 0.2) is 48.9 Å². The number of pyridine rings is 1. The Morgan fingerprint density at radius 1 is 1.15 bits per heavy atom. The number of nitrogens with one attached hydrogen (secondary N) is 3. The van der Waals surface area contributed by atoms with Gasteiger partial charge in [0.25, 0.3) is 0 Å². The maximum absolute atomic E-state index is 12.3. The van der Waals surface area contributed by atoms with E-state index in [1.807, 2.05) is 45.0 Å². The second kappa shape index (κ2) is 9.23. The highest BCUT2D eigenvalue weighted by Gasteiger charge is 2.34. The molecule has 2 aromatic heterocycles. The molecule has 9 heteroatoms. The first-order chi connectivity index (χ1) is 15.8. The van der Waals surface area contributed by atoms with Crippen molar-refractivity contribution in [2.45, 2.75) is 27.2 Å². The minimum absolute atomic E-state index is 0.0597. The quantitative estimate of drug-likeness (QED) is 0.531. The largest absolute Gasteiger partial charge is 0.493 e. The number of benzene rings is 1. The average molecular weight is 447 g/mol. The van der Waals surface area contributed by atoms with Crippen molar-refractivity contribution in [1.82, 2.24) is 20.3 Å². The summed E-state index contributed by atoms with van der Waals surface area (Å²) in [6.07, 6.45) is 5.18. The molecule has 1 saturated heterocycles. The lowest BCUT2D eigenvalue weighted by molar-refractivity contribution is -0.119. The molecule has 1 unspecified atom stereocenters. The van der Waals surface area contributed by atoms with Gasteiger partial charge in [0.05, 0.1) is 36.6 Å². The summed E-state index contributed by atoms with van der Waals surface area (Å²) in [5.41, 5.74) is 3.66. The number of hydrogen-bond donors (Lipinski definition) is 3. The van der Waals surface area contributed by atoms with Gasteiger partial charge in [-0.15, -0.1) is 0 Å². The number of aryl methyl sites for hydroxylation is 2. The van der Waals surface area contributed by atoms with Crippen molar-refractivity contribution in [3.8, 4) is 17.0 Å². The Kier molecular flexibility index (Phi) is 6.21. The molecule has 0 saturated carbocycles. The van der Waals surface area contributed by atoms with E-state index in [4.69, 9.17) is 4.74 Å². The molecular formula is C24H26N6O3. The van der Waals surface area contributed by atoms with Gasteiger partial charge in [-0.05, 0) is 49.7 Å². The second-order valence-corrected chi connectivity index (χ2v) is 8.59. The molecule has 3 N–H and O–H groups in total. The van der Waals surface area contributed by atoms with E-state index in [1.54, 1.807) is 18.5 Å². The molecule has 0 spiro atoms. The van der Waals surface area contributed by atoms with Crippen LogP contribution in [0, 0.1) is 19.3 Å². The molecular weight excluding hydrogens is 420 g/mol. The van der Waals surface area contributed by atoms with Gasteiger partial charge in [-0.2, -0.15) is 0 Å². The van der Waals surface area contributed by atoms with E-state index in [2.05, 4.69) is 30.9 Å². The molecule has 9 nitrogen and oxygen atoms in total. The van der Waals surface area contributed by atoms with Crippen molar-refractivity contribution in [2.24, 2.45) is 5.41 Å². The van der Waals surface area contributed by atoms with Crippen molar-refractivity contribution in [3.63, 3.8) is 0 Å². The number of amides is 3. The van der Waals surface area contributed by atoms with Crippen LogP contribution in [0.5, 0.6) is 5.75 Å². The zero-order valence-electron chi connectivity index (χ0n) is 18.8. The Labute approximate surface area is 192 Å². The number of urea groups is 1. The van der Waals surface area contributed by atoms with Crippen molar-refractivity contribution < 1.29 is 14.3 Å². The number of aromatic nitrogens is 3. The van der Waals surface area contributed by atoms with Gasteiger partial charge in [-0.25, -0.2) is 9.78 Å². The smallest absolute Gasteiger partial charge is 0.324 e. The number of nitrogens with zero attached hydrogens (tertiary/aromatic N) is 3. The van der Waals surface area contributed by atoms with Gasteiger partial charge in [0.15, 0.2) is 5.82 Å². The molecule has 3 heterocycles. The Morgan fingerprint density at radius 2 is 2.00 bits per heavy atom. The van der Waals surface area contributed by atoms with Crippen molar-refractivity contribution in [1.29, 1.82) is 0 Å². The molecule has 0 radical (unpaired) electrons. The van der Waals surface area contributed by atoms with Gasteiger partial charge < -0.3 is 15.4 Å². The molecule has 3 aromatic rings. The molecule has 1 atom stereocenters. The highest BCUT2D eigenvalue weighted by molar-refractivity contribution is 5.99. The molecule has 33 heavy (non-hydrogen) atoms. The summed E-state index contributed by atoms with van der Waals surface area (Å²) in [4.78, 5) is 36.7. The average Bonchev–Trinajstić information content (AvgIpc) is 3.13. The number of rotatable bonds is 6. The Morgan fingerprint density at radius 3 is 2.70 bits per heavy atom. The third kappa shape index (κ3) is 5.62. The van der Waals surface area contributed by atoms with Crippen molar-refractivity contribution >= 4 is 23.4 Å². The van der Waals surface area contributed by atoms with Gasteiger partial charge in [0, 0.05) is 29.6 Å². The number of hydrogen-bond acceptors (Lipinski definition) is 6. The fourth-order valence-corrected chi connectivity index (χ4v) is 3.54. The Balaban J connectivity index is 1.41. The first-order valence-electron chi connectivity index (χ1n) is 10.6. The minimum Gasteiger partial charge on any atom is -0.493 e. The predicted octanol–water partition coefficient (Wildman–Crippen LogP) is 3.70. The molecule has 3 amide bonds. The highest BCUT2D eigenvalue weighted by atomic mass is 16.5. The maximum Gasteiger partial charge on any atom is 0.324 e. The van der Waals surface area contributed by atoms with Crippen LogP contribution in [-0.4, -0.2) is 40.0 Å². The molecule has 1 aromatic carbocycles. The number of anilines is 2. The summed E-state index contributed by atoms with van der Waals surface area (Å²) in [6.45, 7) is 6.94. The first-order valence-corrected chi connectivity index (χ1v) is 10.6. The number of ether oxygens (including phenoxy) is 1. The van der Waals surface area contributed by atoms with Gasteiger partial charge in [-0.3, -0.25) is 20.1 Å². The van der Waals surface area contributed by atoms with E-state index >= 15 is 0 Å². The van der Waals surface area contributed by atoms with E-state index in [1.165, 1.54) is 6.20 Å². The van der Waals surface area contributed by atoms with Crippen LogP contribution in [-0.2, 0) is 4.79 Å². The maximum atomic E-state index is 12.3. The molecule has 4 rings (SSSR count). The third-order valence-corrected chi connectivity index (χ3v) is 5.39. The van der Waals surface area contributed by atoms with Crippen molar-refractivity contribution in [3.05, 3.63) is 60.2 Å². The second-order valence-electron chi connectivity index (χ2n) is 8.59. The summed E-state index contributed by atoms with van der Waals surface area (Å²) in [5.74, 6) is 1.14. The van der Waals surface area contributed by atoms with E-state index < -0.39 is 6.03 Å². The van der Waals surface area contributed by atoms with Gasteiger partial charge in [0.1, 0.15) is 5.75 Å². The van der Waals surface area contributed by atoms with Crippen molar-refractivity contribution in [2.75, 3.05) is 23.8 Å². The van der Waals surface area contributed by atoms with E-state index in [-0.39, 0.29) is 11.3 Å². The zero-order chi connectivity index (χ0) is 23.4. The third-order valence-electron chi connectivity index (χ3n) is 5.39. The van der Waals surface area contributed by atoms with Crippen LogP contribution in [0.2, 0.25) is 0 Å². The van der Waals surface area contributed by atoms with Crippen LogP contribution in [0.3, 0.4) is 0 Å². The highest BCUT2D eigenvalue weighted by Crippen LogP contribution is 2.30. The van der Waals surface area contributed by atoms with E-state index in [9.17, 15) is 9.59 Å². The van der Waals surface area contributed by atoms with E-state index in [0.29, 0.717) is 36.8 Å². The Bertz CT molecular complexity index is 1180. The molecule has 170 valence electrons. The van der Waals surface area contributed by atoms with Gasteiger partial charge in [-0.1, -0.05) is 6.92 Å². The summed E-state index contributed by atoms with van der Waals surface area (Å²) in [6, 6.07) is 8.90. The van der Waals surface area contributed by atoms with Crippen LogP contribution in [0.1, 0.15) is 24.6 Å². The van der Waals surface area contributed by atoms with Crippen LogP contribution in [0.25, 0.3) is 11.3 Å². The lowest BCUT2D eigenvalue weighted by Gasteiger charge is -2.22.